The summed E-state index contributed by atoms with van der Waals surface area (Å²) in [5.41, 5.74) is 4.30. The minimum atomic E-state index is -1.03. The van der Waals surface area contributed by atoms with Crippen molar-refractivity contribution in [2.45, 2.75) is 252 Å². The predicted octanol–water partition coefficient (Wildman–Crippen LogP) is 21.7. The van der Waals surface area contributed by atoms with Gasteiger partial charge < -0.3 is 5.11 Å². The van der Waals surface area contributed by atoms with Crippen LogP contribution in [0.4, 0.5) is 34.1 Å². The molecular formula is C67H105N3O5. The van der Waals surface area contributed by atoms with Crippen molar-refractivity contribution >= 4 is 40.1 Å². The summed E-state index contributed by atoms with van der Waals surface area (Å²) in [7, 11) is 0. The van der Waals surface area contributed by atoms with Crippen LogP contribution in [0.25, 0.3) is 0 Å². The molecule has 418 valence electrons. The van der Waals surface area contributed by atoms with Crippen molar-refractivity contribution in [3.63, 3.8) is 0 Å². The Morgan fingerprint density at radius 2 is 0.560 bits per heavy atom. The van der Waals surface area contributed by atoms with Gasteiger partial charge in [-0.15, -0.1) is 0 Å². The number of hydrogen-bond acceptors (Lipinski definition) is 7. The SMILES string of the molecule is CCCCCCCCCCCCCCON(c1ccccc1)c1cc(C(=O)O)cc(N(OCCCCCCCCCCCCCC)c2ccccc2)c1N(OCCCCCCCCCCCCCC)c1ccccc1. The van der Waals surface area contributed by atoms with Crippen LogP contribution in [0.1, 0.15) is 262 Å². The lowest BCUT2D eigenvalue weighted by molar-refractivity contribution is 0.0696. The maximum absolute atomic E-state index is 13.4. The number of carboxylic acid groups (broad SMARTS) is 1. The third kappa shape index (κ3) is 27.0. The first-order chi connectivity index (χ1) is 37.1. The molecular weight excluding hydrogens is 927 g/mol. The number of carboxylic acids is 1. The highest BCUT2D eigenvalue weighted by Crippen LogP contribution is 2.48. The molecule has 0 bridgehead atoms. The minimum Gasteiger partial charge on any atom is -0.478 e. The highest BCUT2D eigenvalue weighted by atomic mass is 16.7. The zero-order chi connectivity index (χ0) is 53.1. The van der Waals surface area contributed by atoms with Crippen LogP contribution in [-0.4, -0.2) is 30.9 Å². The van der Waals surface area contributed by atoms with Gasteiger partial charge in [0, 0.05) is 0 Å². The van der Waals surface area contributed by atoms with Crippen LogP contribution < -0.4 is 15.2 Å². The van der Waals surface area contributed by atoms with Crippen molar-refractivity contribution < 1.29 is 24.4 Å². The number of para-hydroxylation sites is 3. The normalized spacial score (nSPS) is 11.3. The van der Waals surface area contributed by atoms with Crippen molar-refractivity contribution in [3.8, 4) is 0 Å². The van der Waals surface area contributed by atoms with E-state index in [1.807, 2.05) is 94.1 Å². The third-order valence-electron chi connectivity index (χ3n) is 14.6. The molecule has 0 atom stereocenters. The molecule has 0 saturated heterocycles. The summed E-state index contributed by atoms with van der Waals surface area (Å²) in [4.78, 5) is 34.2. The van der Waals surface area contributed by atoms with E-state index in [0.29, 0.717) is 36.9 Å². The number of carbonyl (C=O) groups is 1. The topological polar surface area (TPSA) is 74.7 Å². The van der Waals surface area contributed by atoms with E-state index in [1.165, 1.54) is 193 Å². The van der Waals surface area contributed by atoms with Crippen molar-refractivity contribution in [2.24, 2.45) is 0 Å². The summed E-state index contributed by atoms with van der Waals surface area (Å²) in [6.07, 6.45) is 45.2. The summed E-state index contributed by atoms with van der Waals surface area (Å²) in [5.74, 6) is -1.03. The Morgan fingerprint density at radius 1 is 0.333 bits per heavy atom. The molecule has 4 rings (SSSR count). The van der Waals surface area contributed by atoms with Gasteiger partial charge in [0.15, 0.2) is 0 Å². The molecule has 1 N–H and O–H groups in total. The van der Waals surface area contributed by atoms with E-state index < -0.39 is 5.97 Å². The molecule has 0 aliphatic rings. The molecule has 0 spiro atoms. The Hall–Kier alpha value is -4.37. The van der Waals surface area contributed by atoms with Crippen LogP contribution in [0.5, 0.6) is 0 Å². The molecule has 75 heavy (non-hydrogen) atoms. The molecule has 0 heterocycles. The second-order valence-electron chi connectivity index (χ2n) is 21.2. The van der Waals surface area contributed by atoms with E-state index >= 15 is 0 Å². The Bertz CT molecular complexity index is 1850. The molecule has 8 nitrogen and oxygen atoms in total. The number of hydrogen-bond donors (Lipinski definition) is 1. The average Bonchev–Trinajstić information content (AvgIpc) is 3.44. The van der Waals surface area contributed by atoms with Gasteiger partial charge in [-0.25, -0.2) is 20.0 Å². The van der Waals surface area contributed by atoms with Gasteiger partial charge in [0.25, 0.3) is 0 Å². The second kappa shape index (κ2) is 42.7. The molecule has 8 heteroatoms. The first kappa shape index (κ1) is 63.2. The number of benzene rings is 4. The van der Waals surface area contributed by atoms with Crippen LogP contribution >= 0.6 is 0 Å². The molecule has 0 amide bonds. The molecule has 0 fully saturated rings. The first-order valence-electron chi connectivity index (χ1n) is 30.9. The molecule has 0 unspecified atom stereocenters. The number of aromatic carboxylic acids is 1. The largest absolute Gasteiger partial charge is 0.478 e. The van der Waals surface area contributed by atoms with E-state index in [9.17, 15) is 9.90 Å². The van der Waals surface area contributed by atoms with Gasteiger partial charge in [-0.1, -0.05) is 287 Å². The lowest BCUT2D eigenvalue weighted by atomic mass is 10.1. The molecule has 0 aromatic heterocycles. The molecule has 0 aliphatic carbocycles. The highest BCUT2D eigenvalue weighted by molar-refractivity contribution is 5.98. The van der Waals surface area contributed by atoms with Crippen LogP contribution in [0.2, 0.25) is 0 Å². The van der Waals surface area contributed by atoms with Gasteiger partial charge in [0.1, 0.15) is 5.69 Å². The highest BCUT2D eigenvalue weighted by Gasteiger charge is 2.30. The average molecular weight is 1030 g/mol. The Morgan fingerprint density at radius 3 is 0.813 bits per heavy atom. The second-order valence-corrected chi connectivity index (χ2v) is 21.2. The zero-order valence-corrected chi connectivity index (χ0v) is 47.8. The van der Waals surface area contributed by atoms with Gasteiger partial charge >= 0.3 is 5.97 Å². The number of anilines is 6. The van der Waals surface area contributed by atoms with Crippen molar-refractivity contribution in [3.05, 3.63) is 109 Å². The van der Waals surface area contributed by atoms with Crippen LogP contribution in [-0.2, 0) is 14.5 Å². The van der Waals surface area contributed by atoms with E-state index in [0.717, 1.165) is 55.6 Å². The van der Waals surface area contributed by atoms with Gasteiger partial charge in [-0.05, 0) is 67.8 Å². The van der Waals surface area contributed by atoms with Crippen LogP contribution in [0, 0.1) is 0 Å². The Labute approximate surface area is 458 Å². The number of rotatable bonds is 49. The van der Waals surface area contributed by atoms with Gasteiger partial charge in [-0.2, -0.15) is 0 Å². The zero-order valence-electron chi connectivity index (χ0n) is 47.8. The summed E-state index contributed by atoms with van der Waals surface area (Å²) in [5, 5.41) is 16.5. The van der Waals surface area contributed by atoms with Gasteiger partial charge in [-0.3, -0.25) is 14.5 Å². The summed E-state index contributed by atoms with van der Waals surface area (Å²) in [6, 6.07) is 33.8. The lowest BCUT2D eigenvalue weighted by Crippen LogP contribution is -2.28. The monoisotopic (exact) mass is 1030 g/mol. The number of nitrogens with zero attached hydrogens (tertiary/aromatic N) is 3. The minimum absolute atomic E-state index is 0.127. The molecule has 0 radical (unpaired) electrons. The first-order valence-corrected chi connectivity index (χ1v) is 30.9. The molecule has 4 aromatic carbocycles. The molecule has 4 aromatic rings. The lowest BCUT2D eigenvalue weighted by Gasteiger charge is -2.36. The van der Waals surface area contributed by atoms with E-state index in [2.05, 4.69) is 32.9 Å². The fraction of sp³-hybridized carbons (Fsp3) is 0.627. The summed E-state index contributed by atoms with van der Waals surface area (Å²) < 4.78 is 0. The van der Waals surface area contributed by atoms with Crippen molar-refractivity contribution in [2.75, 3.05) is 35.0 Å². The third-order valence-corrected chi connectivity index (χ3v) is 14.6. The van der Waals surface area contributed by atoms with Crippen molar-refractivity contribution in [1.29, 1.82) is 0 Å². The maximum atomic E-state index is 13.4. The summed E-state index contributed by atoms with van der Waals surface area (Å²) in [6.45, 7) is 8.28. The van der Waals surface area contributed by atoms with Crippen molar-refractivity contribution in [1.82, 2.24) is 0 Å². The van der Waals surface area contributed by atoms with Crippen LogP contribution in [0.3, 0.4) is 0 Å². The van der Waals surface area contributed by atoms with E-state index in [4.69, 9.17) is 14.5 Å². The van der Waals surface area contributed by atoms with Gasteiger partial charge in [0.2, 0.25) is 0 Å². The molecule has 0 saturated carbocycles. The standard InChI is InChI=1S/C67H105N3O5/c1-4-7-10-13-16-19-22-25-28-31-34-46-55-73-68(61-49-40-37-41-50-61)64-58-60(67(71)72)59-65(69(62-51-42-38-43-52-62)74-56-47-35-32-29-26-23-20-17-14-11-8-5-2)66(64)70(63-53-44-39-45-54-63)75-57-48-36-33-30-27-24-21-18-15-12-9-6-3/h37-45,49-54,58-59H,4-36,46-48,55-57H2,1-3H3,(H,71,72). The molecule has 0 aliphatic heterocycles. The predicted molar refractivity (Wildman–Crippen MR) is 320 cm³/mol. The maximum Gasteiger partial charge on any atom is 0.335 e. The Kier molecular flexibility index (Phi) is 36.0. The van der Waals surface area contributed by atoms with E-state index in [1.54, 1.807) is 12.1 Å². The Balaban J connectivity index is 1.62. The fourth-order valence-electron chi connectivity index (χ4n) is 10.1. The number of unbranched alkanes of at least 4 members (excludes halogenated alkanes) is 33. The van der Waals surface area contributed by atoms with E-state index in [-0.39, 0.29) is 5.56 Å². The van der Waals surface area contributed by atoms with Crippen LogP contribution in [0.15, 0.2) is 103 Å². The van der Waals surface area contributed by atoms with Gasteiger partial charge in [0.05, 0.1) is 53.8 Å². The fourth-order valence-corrected chi connectivity index (χ4v) is 10.1. The summed E-state index contributed by atoms with van der Waals surface area (Å²) >= 11 is 0. The smallest absolute Gasteiger partial charge is 0.335 e. The quantitative estimate of drug-likeness (QED) is 0.0346.